The second kappa shape index (κ2) is 6.08. The standard InChI is InChI=1S/C12H13BrO5/c1-6(13)10(15)8-2-7(5-14)3-9(4-8)11(16)12(17)18/h2-4,6,11,14,16H,5H2,1H3,(H,17,18). The molecule has 0 amide bonds. The molecule has 2 unspecified atom stereocenters. The molecule has 98 valence electrons. The smallest absolute Gasteiger partial charge is 0.337 e. The number of Topliss-reactive ketones (excluding diaryl/α,β-unsaturated/α-hetero) is 1. The summed E-state index contributed by atoms with van der Waals surface area (Å²) < 4.78 is 0. The van der Waals surface area contributed by atoms with Gasteiger partial charge in [0.2, 0.25) is 0 Å². The van der Waals surface area contributed by atoms with E-state index in [0.717, 1.165) is 0 Å². The van der Waals surface area contributed by atoms with Gasteiger partial charge >= 0.3 is 5.97 Å². The number of carbonyl (C=O) groups is 2. The lowest BCUT2D eigenvalue weighted by atomic mass is 9.99. The highest BCUT2D eigenvalue weighted by Gasteiger charge is 2.20. The van der Waals surface area contributed by atoms with Crippen molar-refractivity contribution in [2.45, 2.75) is 24.5 Å². The van der Waals surface area contributed by atoms with Crippen molar-refractivity contribution < 1.29 is 24.9 Å². The van der Waals surface area contributed by atoms with Crippen molar-refractivity contribution >= 4 is 27.7 Å². The van der Waals surface area contributed by atoms with Gasteiger partial charge in [0, 0.05) is 5.56 Å². The molecule has 6 heteroatoms. The zero-order chi connectivity index (χ0) is 13.9. The topological polar surface area (TPSA) is 94.8 Å². The summed E-state index contributed by atoms with van der Waals surface area (Å²) >= 11 is 3.12. The molecule has 0 spiro atoms. The molecule has 0 aromatic heterocycles. The summed E-state index contributed by atoms with van der Waals surface area (Å²) in [7, 11) is 0. The average molecular weight is 317 g/mol. The maximum atomic E-state index is 11.8. The van der Waals surface area contributed by atoms with E-state index in [0.29, 0.717) is 5.56 Å². The number of aliphatic carboxylic acids is 1. The predicted molar refractivity (Wildman–Crippen MR) is 67.7 cm³/mol. The fourth-order valence-corrected chi connectivity index (χ4v) is 1.75. The summed E-state index contributed by atoms with van der Waals surface area (Å²) in [6, 6.07) is 4.14. The third-order valence-electron chi connectivity index (χ3n) is 2.39. The Kier molecular flexibility index (Phi) is 5.01. The van der Waals surface area contributed by atoms with E-state index in [9.17, 15) is 14.7 Å². The van der Waals surface area contributed by atoms with Crippen LogP contribution in [-0.2, 0) is 11.4 Å². The SMILES string of the molecule is CC(Br)C(=O)c1cc(CO)cc(C(O)C(=O)O)c1. The normalized spacial score (nSPS) is 14.0. The Bertz CT molecular complexity index is 470. The zero-order valence-electron chi connectivity index (χ0n) is 9.63. The lowest BCUT2D eigenvalue weighted by Crippen LogP contribution is -2.14. The van der Waals surface area contributed by atoms with Gasteiger partial charge in [-0.05, 0) is 30.2 Å². The summed E-state index contributed by atoms with van der Waals surface area (Å²) in [4.78, 5) is 22.1. The van der Waals surface area contributed by atoms with Gasteiger partial charge in [-0.15, -0.1) is 0 Å². The van der Waals surface area contributed by atoms with E-state index in [1.54, 1.807) is 6.92 Å². The molecule has 0 aliphatic carbocycles. The molecular weight excluding hydrogens is 304 g/mol. The number of rotatable bonds is 5. The summed E-state index contributed by atoms with van der Waals surface area (Å²) in [5.74, 6) is -1.65. The molecule has 0 bridgehead atoms. The Morgan fingerprint density at radius 3 is 2.39 bits per heavy atom. The molecule has 5 nitrogen and oxygen atoms in total. The maximum Gasteiger partial charge on any atom is 0.337 e. The highest BCUT2D eigenvalue weighted by atomic mass is 79.9. The minimum absolute atomic E-state index is 0.0746. The number of alkyl halides is 1. The van der Waals surface area contributed by atoms with Crippen LogP contribution in [0.2, 0.25) is 0 Å². The third-order valence-corrected chi connectivity index (χ3v) is 2.81. The van der Waals surface area contributed by atoms with Gasteiger partial charge in [0.15, 0.2) is 11.9 Å². The maximum absolute atomic E-state index is 11.8. The van der Waals surface area contributed by atoms with E-state index in [1.165, 1.54) is 18.2 Å². The van der Waals surface area contributed by atoms with Gasteiger partial charge in [-0.1, -0.05) is 22.0 Å². The van der Waals surface area contributed by atoms with Crippen LogP contribution in [-0.4, -0.2) is 31.9 Å². The largest absolute Gasteiger partial charge is 0.479 e. The van der Waals surface area contributed by atoms with Crippen LogP contribution in [0.1, 0.15) is 34.5 Å². The quantitative estimate of drug-likeness (QED) is 0.561. The second-order valence-electron chi connectivity index (χ2n) is 3.84. The van der Waals surface area contributed by atoms with Gasteiger partial charge in [-0.25, -0.2) is 4.79 Å². The minimum atomic E-state index is -1.71. The molecule has 18 heavy (non-hydrogen) atoms. The first-order chi connectivity index (χ1) is 8.36. The average Bonchev–Trinajstić information content (AvgIpc) is 2.35. The van der Waals surface area contributed by atoms with Gasteiger partial charge in [0.05, 0.1) is 11.4 Å². The molecule has 1 aromatic carbocycles. The molecule has 0 heterocycles. The Labute approximate surface area is 112 Å². The lowest BCUT2D eigenvalue weighted by molar-refractivity contribution is -0.146. The Hall–Kier alpha value is -1.24. The lowest BCUT2D eigenvalue weighted by Gasteiger charge is -2.11. The van der Waals surface area contributed by atoms with Gasteiger partial charge < -0.3 is 15.3 Å². The van der Waals surface area contributed by atoms with Crippen molar-refractivity contribution in [3.63, 3.8) is 0 Å². The molecule has 3 N–H and O–H groups in total. The van der Waals surface area contributed by atoms with Crippen molar-refractivity contribution in [1.29, 1.82) is 0 Å². The molecule has 0 saturated heterocycles. The number of aliphatic hydroxyl groups is 2. The van der Waals surface area contributed by atoms with Gasteiger partial charge in [-0.3, -0.25) is 4.79 Å². The summed E-state index contributed by atoms with van der Waals surface area (Å²) in [5.41, 5.74) is 0.705. The van der Waals surface area contributed by atoms with E-state index in [2.05, 4.69) is 15.9 Å². The molecule has 0 radical (unpaired) electrons. The van der Waals surface area contributed by atoms with Crippen LogP contribution >= 0.6 is 15.9 Å². The van der Waals surface area contributed by atoms with Crippen molar-refractivity contribution in [2.75, 3.05) is 0 Å². The predicted octanol–water partition coefficient (Wildman–Crippen LogP) is 1.26. The van der Waals surface area contributed by atoms with E-state index < -0.39 is 16.9 Å². The number of carbonyl (C=O) groups excluding carboxylic acids is 1. The van der Waals surface area contributed by atoms with Crippen LogP contribution in [0.25, 0.3) is 0 Å². The van der Waals surface area contributed by atoms with E-state index in [4.69, 9.17) is 10.2 Å². The van der Waals surface area contributed by atoms with Crippen LogP contribution in [0.4, 0.5) is 0 Å². The van der Waals surface area contributed by atoms with Crippen LogP contribution in [0, 0.1) is 0 Å². The number of carboxylic acid groups (broad SMARTS) is 1. The molecule has 0 aliphatic rings. The number of halogens is 1. The second-order valence-corrected chi connectivity index (χ2v) is 5.22. The molecule has 0 fully saturated rings. The number of aliphatic hydroxyl groups excluding tert-OH is 2. The fraction of sp³-hybridized carbons (Fsp3) is 0.333. The fourth-order valence-electron chi connectivity index (χ4n) is 1.48. The number of carboxylic acids is 1. The van der Waals surface area contributed by atoms with Crippen LogP contribution in [0.5, 0.6) is 0 Å². The van der Waals surface area contributed by atoms with Gasteiger partial charge in [0.1, 0.15) is 0 Å². The molecular formula is C12H13BrO5. The highest BCUT2D eigenvalue weighted by molar-refractivity contribution is 9.10. The van der Waals surface area contributed by atoms with Gasteiger partial charge in [0.25, 0.3) is 0 Å². The number of hydrogen-bond acceptors (Lipinski definition) is 4. The Morgan fingerprint density at radius 1 is 1.33 bits per heavy atom. The highest BCUT2D eigenvalue weighted by Crippen LogP contribution is 2.20. The Balaban J connectivity index is 3.25. The summed E-state index contributed by atoms with van der Waals surface area (Å²) in [6.07, 6.45) is -1.71. The molecule has 2 atom stereocenters. The monoisotopic (exact) mass is 316 g/mol. The summed E-state index contributed by atoms with van der Waals surface area (Å²) in [5, 5.41) is 27.3. The first-order valence-corrected chi connectivity index (χ1v) is 6.12. The number of hydrogen-bond donors (Lipinski definition) is 3. The zero-order valence-corrected chi connectivity index (χ0v) is 11.2. The van der Waals surface area contributed by atoms with E-state index in [1.807, 2.05) is 0 Å². The molecule has 1 aromatic rings. The van der Waals surface area contributed by atoms with Gasteiger partial charge in [-0.2, -0.15) is 0 Å². The number of ketones is 1. The van der Waals surface area contributed by atoms with E-state index in [-0.39, 0.29) is 23.5 Å². The first kappa shape index (κ1) is 14.8. The van der Waals surface area contributed by atoms with E-state index >= 15 is 0 Å². The Morgan fingerprint density at radius 2 is 1.94 bits per heavy atom. The van der Waals surface area contributed by atoms with Crippen LogP contribution < -0.4 is 0 Å². The third kappa shape index (κ3) is 3.38. The van der Waals surface area contributed by atoms with Crippen LogP contribution in [0.3, 0.4) is 0 Å². The molecule has 0 aliphatic heterocycles. The first-order valence-electron chi connectivity index (χ1n) is 5.20. The van der Waals surface area contributed by atoms with Crippen molar-refractivity contribution in [3.8, 4) is 0 Å². The van der Waals surface area contributed by atoms with Crippen molar-refractivity contribution in [3.05, 3.63) is 34.9 Å². The van der Waals surface area contributed by atoms with Crippen molar-refractivity contribution in [1.82, 2.24) is 0 Å². The van der Waals surface area contributed by atoms with Crippen molar-refractivity contribution in [2.24, 2.45) is 0 Å². The summed E-state index contributed by atoms with van der Waals surface area (Å²) in [6.45, 7) is 1.30. The molecule has 0 saturated carbocycles. The minimum Gasteiger partial charge on any atom is -0.479 e. The number of benzene rings is 1. The molecule has 1 rings (SSSR count). The van der Waals surface area contributed by atoms with Crippen LogP contribution in [0.15, 0.2) is 18.2 Å².